The lowest BCUT2D eigenvalue weighted by molar-refractivity contribution is 0.0996. The minimum atomic E-state index is -0.141. The summed E-state index contributed by atoms with van der Waals surface area (Å²) in [7, 11) is 0. The second-order valence-corrected chi connectivity index (χ2v) is 3.58. The minimum Gasteiger partial charge on any atom is -0.324 e. The van der Waals surface area contributed by atoms with Crippen molar-refractivity contribution in [2.24, 2.45) is 11.7 Å². The molecule has 0 saturated heterocycles. The third-order valence-corrected chi connectivity index (χ3v) is 1.77. The SMILES string of the molecule is CC(C)Cc1nccc(C(=O)CN)n1. The average molecular weight is 193 g/mol. The van der Waals surface area contributed by atoms with E-state index < -0.39 is 0 Å². The van der Waals surface area contributed by atoms with E-state index in [4.69, 9.17) is 5.73 Å². The fourth-order valence-electron chi connectivity index (χ4n) is 1.12. The van der Waals surface area contributed by atoms with E-state index in [0.717, 1.165) is 6.42 Å². The molecule has 0 aliphatic heterocycles. The highest BCUT2D eigenvalue weighted by atomic mass is 16.1. The predicted octanol–water partition coefficient (Wildman–Crippen LogP) is 0.817. The maximum absolute atomic E-state index is 11.2. The van der Waals surface area contributed by atoms with E-state index in [1.807, 2.05) is 0 Å². The van der Waals surface area contributed by atoms with Crippen molar-refractivity contribution < 1.29 is 4.79 Å². The summed E-state index contributed by atoms with van der Waals surface area (Å²) >= 11 is 0. The number of nitrogens with two attached hydrogens (primary N) is 1. The van der Waals surface area contributed by atoms with Gasteiger partial charge in [0.2, 0.25) is 0 Å². The van der Waals surface area contributed by atoms with Gasteiger partial charge in [0.05, 0.1) is 6.54 Å². The maximum atomic E-state index is 11.2. The normalized spacial score (nSPS) is 10.6. The van der Waals surface area contributed by atoms with E-state index in [2.05, 4.69) is 23.8 Å². The lowest BCUT2D eigenvalue weighted by Gasteiger charge is -2.04. The first-order valence-corrected chi connectivity index (χ1v) is 4.68. The molecular weight excluding hydrogens is 178 g/mol. The average Bonchev–Trinajstić information content (AvgIpc) is 2.16. The van der Waals surface area contributed by atoms with Gasteiger partial charge in [-0.05, 0) is 12.0 Å². The Morgan fingerprint density at radius 1 is 1.57 bits per heavy atom. The molecule has 0 radical (unpaired) electrons. The summed E-state index contributed by atoms with van der Waals surface area (Å²) in [6.45, 7) is 4.17. The van der Waals surface area contributed by atoms with E-state index in [9.17, 15) is 4.79 Å². The summed E-state index contributed by atoms with van der Waals surface area (Å²) in [4.78, 5) is 19.5. The Labute approximate surface area is 83.6 Å². The molecule has 14 heavy (non-hydrogen) atoms. The molecule has 0 aliphatic carbocycles. The zero-order valence-electron chi connectivity index (χ0n) is 8.53. The molecule has 0 aromatic carbocycles. The largest absolute Gasteiger partial charge is 0.324 e. The molecule has 1 heterocycles. The van der Waals surface area contributed by atoms with Crippen molar-refractivity contribution in [1.29, 1.82) is 0 Å². The highest BCUT2D eigenvalue weighted by molar-refractivity contribution is 5.95. The van der Waals surface area contributed by atoms with Crippen LogP contribution in [0.1, 0.15) is 30.2 Å². The molecule has 0 fully saturated rings. The highest BCUT2D eigenvalue weighted by Crippen LogP contribution is 2.03. The second-order valence-electron chi connectivity index (χ2n) is 3.58. The summed E-state index contributed by atoms with van der Waals surface area (Å²) in [5, 5.41) is 0. The van der Waals surface area contributed by atoms with Gasteiger partial charge >= 0.3 is 0 Å². The van der Waals surface area contributed by atoms with Crippen LogP contribution in [0.25, 0.3) is 0 Å². The zero-order valence-corrected chi connectivity index (χ0v) is 8.53. The zero-order chi connectivity index (χ0) is 10.6. The fourth-order valence-corrected chi connectivity index (χ4v) is 1.12. The molecule has 0 bridgehead atoms. The number of nitrogens with zero attached hydrogens (tertiary/aromatic N) is 2. The van der Waals surface area contributed by atoms with Crippen molar-refractivity contribution in [3.05, 3.63) is 23.8 Å². The van der Waals surface area contributed by atoms with Crippen LogP contribution in [0.2, 0.25) is 0 Å². The fraction of sp³-hybridized carbons (Fsp3) is 0.500. The Bertz CT molecular complexity index is 323. The van der Waals surface area contributed by atoms with Gasteiger partial charge in [0.15, 0.2) is 5.78 Å². The number of aromatic nitrogens is 2. The van der Waals surface area contributed by atoms with Crippen LogP contribution in [0.3, 0.4) is 0 Å². The maximum Gasteiger partial charge on any atom is 0.194 e. The molecule has 0 unspecified atom stereocenters. The van der Waals surface area contributed by atoms with Crippen molar-refractivity contribution in [1.82, 2.24) is 9.97 Å². The first kappa shape index (κ1) is 10.8. The van der Waals surface area contributed by atoms with Gasteiger partial charge in [-0.25, -0.2) is 9.97 Å². The van der Waals surface area contributed by atoms with Gasteiger partial charge in [-0.3, -0.25) is 4.79 Å². The van der Waals surface area contributed by atoms with Crippen LogP contribution in [-0.2, 0) is 6.42 Å². The van der Waals surface area contributed by atoms with Crippen molar-refractivity contribution in [2.75, 3.05) is 6.54 Å². The Morgan fingerprint density at radius 2 is 2.29 bits per heavy atom. The van der Waals surface area contributed by atoms with Crippen molar-refractivity contribution in [3.63, 3.8) is 0 Å². The smallest absolute Gasteiger partial charge is 0.194 e. The first-order chi connectivity index (χ1) is 6.63. The summed E-state index contributed by atoms with van der Waals surface area (Å²) in [5.41, 5.74) is 5.66. The summed E-state index contributed by atoms with van der Waals surface area (Å²) in [6, 6.07) is 1.60. The van der Waals surface area contributed by atoms with Crippen LogP contribution in [-0.4, -0.2) is 22.3 Å². The molecule has 0 aliphatic rings. The number of carbonyl (C=O) groups is 1. The lowest BCUT2D eigenvalue weighted by atomic mass is 10.1. The molecule has 1 rings (SSSR count). The van der Waals surface area contributed by atoms with E-state index in [-0.39, 0.29) is 12.3 Å². The monoisotopic (exact) mass is 193 g/mol. The molecule has 0 amide bonds. The molecule has 1 aromatic heterocycles. The van der Waals surface area contributed by atoms with Crippen LogP contribution in [0.15, 0.2) is 12.3 Å². The lowest BCUT2D eigenvalue weighted by Crippen LogP contribution is -2.16. The topological polar surface area (TPSA) is 68.9 Å². The van der Waals surface area contributed by atoms with Crippen LogP contribution < -0.4 is 5.73 Å². The summed E-state index contributed by atoms with van der Waals surface area (Å²) in [6.07, 6.45) is 2.39. The van der Waals surface area contributed by atoms with Crippen LogP contribution in [0, 0.1) is 5.92 Å². The van der Waals surface area contributed by atoms with Crippen molar-refractivity contribution in [3.8, 4) is 0 Å². The van der Waals surface area contributed by atoms with Gasteiger partial charge < -0.3 is 5.73 Å². The number of carbonyl (C=O) groups excluding carboxylic acids is 1. The van der Waals surface area contributed by atoms with E-state index in [1.165, 1.54) is 0 Å². The quantitative estimate of drug-likeness (QED) is 0.719. The Balaban J connectivity index is 2.84. The van der Waals surface area contributed by atoms with Gasteiger partial charge in [0.1, 0.15) is 11.5 Å². The predicted molar refractivity (Wildman–Crippen MR) is 54.0 cm³/mol. The van der Waals surface area contributed by atoms with E-state index in [1.54, 1.807) is 12.3 Å². The van der Waals surface area contributed by atoms with E-state index in [0.29, 0.717) is 17.4 Å². The molecule has 76 valence electrons. The standard InChI is InChI=1S/C10H15N3O/c1-7(2)5-10-12-4-3-8(13-10)9(14)6-11/h3-4,7H,5-6,11H2,1-2H3. The molecule has 4 heteroatoms. The van der Waals surface area contributed by atoms with Crippen molar-refractivity contribution in [2.45, 2.75) is 20.3 Å². The number of hydrogen-bond acceptors (Lipinski definition) is 4. The van der Waals surface area contributed by atoms with Gasteiger partial charge in [-0.15, -0.1) is 0 Å². The van der Waals surface area contributed by atoms with E-state index >= 15 is 0 Å². The van der Waals surface area contributed by atoms with Crippen molar-refractivity contribution >= 4 is 5.78 Å². The second kappa shape index (κ2) is 4.81. The molecule has 0 atom stereocenters. The number of Topliss-reactive ketones (excluding diaryl/α,β-unsaturated/α-hetero) is 1. The number of ketones is 1. The summed E-state index contributed by atoms with van der Waals surface area (Å²) in [5.74, 6) is 1.05. The van der Waals surface area contributed by atoms with Gasteiger partial charge in [0.25, 0.3) is 0 Å². The highest BCUT2D eigenvalue weighted by Gasteiger charge is 2.07. The summed E-state index contributed by atoms with van der Waals surface area (Å²) < 4.78 is 0. The Morgan fingerprint density at radius 3 is 2.86 bits per heavy atom. The Hall–Kier alpha value is -1.29. The van der Waals surface area contributed by atoms with Crippen LogP contribution >= 0.6 is 0 Å². The third-order valence-electron chi connectivity index (χ3n) is 1.77. The Kier molecular flexibility index (Phi) is 3.71. The molecule has 2 N–H and O–H groups in total. The molecule has 0 saturated carbocycles. The van der Waals surface area contributed by atoms with Crippen LogP contribution in [0.5, 0.6) is 0 Å². The molecule has 0 spiro atoms. The minimum absolute atomic E-state index is 0.00185. The third kappa shape index (κ3) is 2.88. The first-order valence-electron chi connectivity index (χ1n) is 4.68. The molecule has 4 nitrogen and oxygen atoms in total. The number of rotatable bonds is 4. The van der Waals surface area contributed by atoms with Gasteiger partial charge in [-0.2, -0.15) is 0 Å². The van der Waals surface area contributed by atoms with Crippen LogP contribution in [0.4, 0.5) is 0 Å². The number of hydrogen-bond donors (Lipinski definition) is 1. The van der Waals surface area contributed by atoms with Gasteiger partial charge in [0, 0.05) is 12.6 Å². The molecule has 1 aromatic rings. The molecular formula is C10H15N3O. The van der Waals surface area contributed by atoms with Gasteiger partial charge in [-0.1, -0.05) is 13.8 Å².